The van der Waals surface area contributed by atoms with Crippen LogP contribution < -0.4 is 0 Å². The van der Waals surface area contributed by atoms with Gasteiger partial charge in [-0.25, -0.2) is 0 Å². The Morgan fingerprint density at radius 2 is 1.33 bits per heavy atom. The zero-order chi connectivity index (χ0) is 16.5. The molecule has 0 aromatic heterocycles. The number of fused-ring (bicyclic) bond motifs is 7. The Balaban J connectivity index is 1.95. The van der Waals surface area contributed by atoms with Crippen LogP contribution in [0.5, 0.6) is 0 Å². The lowest BCUT2D eigenvalue weighted by molar-refractivity contribution is 0.449. The highest BCUT2D eigenvalue weighted by Crippen LogP contribution is 2.62. The van der Waals surface area contributed by atoms with E-state index in [1.165, 1.54) is 33.4 Å². The molecule has 0 amide bonds. The molecule has 3 aromatic carbocycles. The molecule has 0 saturated heterocycles. The van der Waals surface area contributed by atoms with E-state index in [4.69, 9.17) is 0 Å². The molecule has 1 heteroatoms. The third-order valence-electron chi connectivity index (χ3n) is 5.94. The van der Waals surface area contributed by atoms with E-state index >= 15 is 0 Å². The third kappa shape index (κ3) is 1.64. The highest BCUT2D eigenvalue weighted by molar-refractivity contribution is 9.10. The normalized spacial score (nSPS) is 22.3. The van der Waals surface area contributed by atoms with E-state index in [-0.39, 0.29) is 10.8 Å². The first-order valence-corrected chi connectivity index (χ1v) is 9.33. The minimum atomic E-state index is -0.0181. The third-order valence-corrected chi connectivity index (χ3v) is 6.43. The van der Waals surface area contributed by atoms with Crippen LogP contribution in [0.15, 0.2) is 71.2 Å². The summed E-state index contributed by atoms with van der Waals surface area (Å²) in [4.78, 5) is 0. The van der Waals surface area contributed by atoms with E-state index in [1.54, 1.807) is 0 Å². The summed E-state index contributed by atoms with van der Waals surface area (Å²) in [5.41, 5.74) is 8.84. The van der Waals surface area contributed by atoms with E-state index in [0.717, 1.165) is 10.9 Å². The first kappa shape index (κ1) is 14.5. The van der Waals surface area contributed by atoms with Gasteiger partial charge in [0.2, 0.25) is 0 Å². The second-order valence-electron chi connectivity index (χ2n) is 7.75. The summed E-state index contributed by atoms with van der Waals surface area (Å²) in [6.07, 6.45) is 1.12. The fourth-order valence-electron chi connectivity index (χ4n) is 5.12. The Morgan fingerprint density at radius 1 is 0.708 bits per heavy atom. The first-order chi connectivity index (χ1) is 11.5. The predicted molar refractivity (Wildman–Crippen MR) is 104 cm³/mol. The number of hydrogen-bond donors (Lipinski definition) is 0. The van der Waals surface area contributed by atoms with E-state index in [9.17, 15) is 0 Å². The maximum atomic E-state index is 3.71. The van der Waals surface area contributed by atoms with Gasteiger partial charge in [0.25, 0.3) is 0 Å². The van der Waals surface area contributed by atoms with Gasteiger partial charge in [-0.2, -0.15) is 0 Å². The van der Waals surface area contributed by atoms with Gasteiger partial charge < -0.3 is 0 Å². The number of halogens is 1. The Labute approximate surface area is 151 Å². The summed E-state index contributed by atoms with van der Waals surface area (Å²) in [5, 5.41) is 0. The van der Waals surface area contributed by atoms with Crippen LogP contribution in [-0.2, 0) is 10.8 Å². The van der Waals surface area contributed by atoms with Crippen molar-refractivity contribution in [1.82, 2.24) is 0 Å². The molecule has 0 N–H and O–H groups in total. The van der Waals surface area contributed by atoms with Gasteiger partial charge in [0.15, 0.2) is 0 Å². The summed E-state index contributed by atoms with van der Waals surface area (Å²) in [7, 11) is 0. The van der Waals surface area contributed by atoms with Gasteiger partial charge in [-0.3, -0.25) is 0 Å². The molecule has 0 bridgehead atoms. The second kappa shape index (κ2) is 4.61. The molecular formula is C23H19Br. The van der Waals surface area contributed by atoms with Crippen LogP contribution in [0, 0.1) is 0 Å². The molecule has 118 valence electrons. The van der Waals surface area contributed by atoms with Crippen LogP contribution in [0.1, 0.15) is 42.5 Å². The van der Waals surface area contributed by atoms with Crippen molar-refractivity contribution in [3.8, 4) is 11.1 Å². The molecule has 0 radical (unpaired) electrons. The molecule has 24 heavy (non-hydrogen) atoms. The van der Waals surface area contributed by atoms with Crippen molar-refractivity contribution in [2.45, 2.75) is 31.1 Å². The Morgan fingerprint density at radius 3 is 2.12 bits per heavy atom. The van der Waals surface area contributed by atoms with Gasteiger partial charge in [-0.1, -0.05) is 84.4 Å². The van der Waals surface area contributed by atoms with Gasteiger partial charge in [-0.15, -0.1) is 0 Å². The lowest BCUT2D eigenvalue weighted by Gasteiger charge is -2.30. The van der Waals surface area contributed by atoms with E-state index < -0.39 is 0 Å². The van der Waals surface area contributed by atoms with Gasteiger partial charge in [0, 0.05) is 9.89 Å². The smallest absolute Gasteiger partial charge is 0.0475 e. The molecule has 1 atom stereocenters. The Bertz CT molecular complexity index is 983. The standard InChI is InChI=1S/C23H19Br/c1-22(2)14-23(20-10-6-5-9-19(20)22)18-8-4-3-7-16(18)17-12-11-15(24)13-21(17)23/h3-13H,14H2,1-2H3. The molecule has 0 fully saturated rings. The molecule has 1 unspecified atom stereocenters. The molecule has 0 heterocycles. The van der Waals surface area contributed by atoms with Crippen molar-refractivity contribution in [2.75, 3.05) is 0 Å². The number of rotatable bonds is 0. The van der Waals surface area contributed by atoms with Crippen LogP contribution >= 0.6 is 15.9 Å². The van der Waals surface area contributed by atoms with Crippen LogP contribution in [0.4, 0.5) is 0 Å². The predicted octanol–water partition coefficient (Wildman–Crippen LogP) is 6.45. The lowest BCUT2D eigenvalue weighted by atomic mass is 9.71. The summed E-state index contributed by atoms with van der Waals surface area (Å²) in [6.45, 7) is 4.78. The van der Waals surface area contributed by atoms with Crippen molar-refractivity contribution in [1.29, 1.82) is 0 Å². The Kier molecular flexibility index (Phi) is 2.78. The number of benzene rings is 3. The van der Waals surface area contributed by atoms with Crippen molar-refractivity contribution < 1.29 is 0 Å². The van der Waals surface area contributed by atoms with Crippen molar-refractivity contribution >= 4 is 15.9 Å². The van der Waals surface area contributed by atoms with Crippen LogP contribution in [0.3, 0.4) is 0 Å². The van der Waals surface area contributed by atoms with Crippen molar-refractivity contribution in [2.24, 2.45) is 0 Å². The average Bonchev–Trinajstić information content (AvgIpc) is 2.99. The zero-order valence-electron chi connectivity index (χ0n) is 13.9. The molecule has 0 aliphatic heterocycles. The van der Waals surface area contributed by atoms with Crippen molar-refractivity contribution in [3.63, 3.8) is 0 Å². The average molecular weight is 375 g/mol. The number of hydrogen-bond acceptors (Lipinski definition) is 0. The largest absolute Gasteiger partial charge is 0.0620 e. The van der Waals surface area contributed by atoms with Gasteiger partial charge in [-0.05, 0) is 57.3 Å². The highest BCUT2D eigenvalue weighted by Gasteiger charge is 2.53. The van der Waals surface area contributed by atoms with E-state index in [2.05, 4.69) is 96.5 Å². The molecule has 2 aliphatic rings. The molecular weight excluding hydrogens is 356 g/mol. The fraction of sp³-hybridized carbons (Fsp3) is 0.217. The summed E-state index contributed by atoms with van der Waals surface area (Å²) in [5.74, 6) is 0. The first-order valence-electron chi connectivity index (χ1n) is 8.54. The zero-order valence-corrected chi connectivity index (χ0v) is 15.5. The molecule has 2 aliphatic carbocycles. The molecule has 5 rings (SSSR count). The minimum Gasteiger partial charge on any atom is -0.0620 e. The summed E-state index contributed by atoms with van der Waals surface area (Å²) in [6, 6.07) is 24.8. The topological polar surface area (TPSA) is 0 Å². The van der Waals surface area contributed by atoms with Crippen LogP contribution in [0.25, 0.3) is 11.1 Å². The fourth-order valence-corrected chi connectivity index (χ4v) is 5.48. The van der Waals surface area contributed by atoms with Gasteiger partial charge >= 0.3 is 0 Å². The molecule has 3 aromatic rings. The van der Waals surface area contributed by atoms with E-state index in [0.29, 0.717) is 0 Å². The summed E-state index contributed by atoms with van der Waals surface area (Å²) >= 11 is 3.71. The van der Waals surface area contributed by atoms with E-state index in [1.807, 2.05) is 0 Å². The van der Waals surface area contributed by atoms with Crippen LogP contribution in [-0.4, -0.2) is 0 Å². The monoisotopic (exact) mass is 374 g/mol. The second-order valence-corrected chi connectivity index (χ2v) is 8.66. The van der Waals surface area contributed by atoms with Crippen molar-refractivity contribution in [3.05, 3.63) is 93.5 Å². The lowest BCUT2D eigenvalue weighted by Crippen LogP contribution is -2.26. The van der Waals surface area contributed by atoms with Gasteiger partial charge in [0.05, 0.1) is 0 Å². The SMILES string of the molecule is CC1(C)CC2(c3ccccc3-c3ccc(Br)cc32)c2ccccc21. The quantitative estimate of drug-likeness (QED) is 0.424. The highest BCUT2D eigenvalue weighted by atomic mass is 79.9. The summed E-state index contributed by atoms with van der Waals surface area (Å²) < 4.78 is 1.16. The van der Waals surface area contributed by atoms with Gasteiger partial charge in [0.1, 0.15) is 0 Å². The minimum absolute atomic E-state index is 0.0181. The molecule has 1 spiro atoms. The maximum Gasteiger partial charge on any atom is 0.0475 e. The van der Waals surface area contributed by atoms with Crippen LogP contribution in [0.2, 0.25) is 0 Å². The molecule has 0 saturated carbocycles. The maximum absolute atomic E-state index is 3.71. The Hall–Kier alpha value is -1.86. The molecule has 0 nitrogen and oxygen atoms in total.